The Hall–Kier alpha value is -3.28. The first kappa shape index (κ1) is 21.9. The molecule has 0 amide bonds. The van der Waals surface area contributed by atoms with Crippen LogP contribution >= 0.6 is 0 Å². The van der Waals surface area contributed by atoms with Crippen LogP contribution in [0.1, 0.15) is 0 Å². The van der Waals surface area contributed by atoms with Crippen LogP contribution in [0.15, 0.2) is 118 Å². The van der Waals surface area contributed by atoms with E-state index in [-0.39, 0.29) is 11.5 Å². The zero-order valence-electron chi connectivity index (χ0n) is 16.7. The summed E-state index contributed by atoms with van der Waals surface area (Å²) in [5.74, 6) is 0.427. The maximum absolute atomic E-state index is 9.31. The molecule has 0 aliphatic heterocycles. The third kappa shape index (κ3) is 6.61. The van der Waals surface area contributed by atoms with E-state index in [0.717, 1.165) is 11.4 Å². The van der Waals surface area contributed by atoms with Crippen molar-refractivity contribution in [3.63, 3.8) is 0 Å². The van der Waals surface area contributed by atoms with E-state index in [9.17, 15) is 10.2 Å². The van der Waals surface area contributed by atoms with Gasteiger partial charge in [0.1, 0.15) is 0 Å². The van der Waals surface area contributed by atoms with E-state index in [1.165, 1.54) is 8.92 Å². The van der Waals surface area contributed by atoms with Crippen molar-refractivity contribution in [3.05, 3.63) is 97.1 Å². The SMILES string of the molecule is Oc1ccc(N=Nc2ccc([Se][Se]c3ccc(N=Nc4ccc(O)cc4)cc3)cc2)cc1. The Morgan fingerprint density at radius 1 is 0.375 bits per heavy atom. The second kappa shape index (κ2) is 10.8. The minimum absolute atomic E-state index is 0.213. The summed E-state index contributed by atoms with van der Waals surface area (Å²) in [4.78, 5) is 0. The van der Waals surface area contributed by atoms with Crippen molar-refractivity contribution in [2.24, 2.45) is 20.5 Å². The zero-order chi connectivity index (χ0) is 22.2. The van der Waals surface area contributed by atoms with Gasteiger partial charge in [0.2, 0.25) is 0 Å². The summed E-state index contributed by atoms with van der Waals surface area (Å²) in [7, 11) is 0. The third-order valence-corrected chi connectivity index (χ3v) is 11.4. The summed E-state index contributed by atoms with van der Waals surface area (Å²) in [6.07, 6.45) is 0. The average Bonchev–Trinajstić information content (AvgIpc) is 2.83. The number of phenols is 2. The molecule has 0 aliphatic carbocycles. The fourth-order valence-electron chi connectivity index (χ4n) is 2.50. The van der Waals surface area contributed by atoms with Gasteiger partial charge in [-0.3, -0.25) is 0 Å². The molecule has 0 fully saturated rings. The van der Waals surface area contributed by atoms with Crippen molar-refractivity contribution in [2.45, 2.75) is 0 Å². The molecule has 4 rings (SSSR count). The van der Waals surface area contributed by atoms with Gasteiger partial charge in [-0.05, 0) is 0 Å². The first-order chi connectivity index (χ1) is 15.6. The van der Waals surface area contributed by atoms with Crippen LogP contribution < -0.4 is 8.92 Å². The van der Waals surface area contributed by atoms with Crippen molar-refractivity contribution < 1.29 is 10.2 Å². The number of aromatic hydroxyl groups is 2. The molecule has 0 unspecified atom stereocenters. The first-order valence-corrected chi connectivity index (χ1v) is 15.6. The van der Waals surface area contributed by atoms with Crippen LogP contribution in [0.3, 0.4) is 0 Å². The predicted molar refractivity (Wildman–Crippen MR) is 128 cm³/mol. The Balaban J connectivity index is 1.29. The monoisotopic (exact) mass is 554 g/mol. The quantitative estimate of drug-likeness (QED) is 0.244. The number of nitrogens with zero attached hydrogens (tertiary/aromatic N) is 4. The van der Waals surface area contributed by atoms with Crippen LogP contribution in [-0.4, -0.2) is 36.5 Å². The van der Waals surface area contributed by atoms with E-state index in [1.807, 2.05) is 24.3 Å². The fourth-order valence-corrected chi connectivity index (χ4v) is 8.46. The topological polar surface area (TPSA) is 89.9 Å². The van der Waals surface area contributed by atoms with Crippen LogP contribution in [0.25, 0.3) is 0 Å². The molecule has 8 heteroatoms. The van der Waals surface area contributed by atoms with Gasteiger partial charge in [0.15, 0.2) is 0 Å². The minimum atomic E-state index is 0.213. The van der Waals surface area contributed by atoms with Gasteiger partial charge < -0.3 is 0 Å². The van der Waals surface area contributed by atoms with Crippen molar-refractivity contribution in [1.82, 2.24) is 0 Å². The number of hydrogen-bond acceptors (Lipinski definition) is 6. The van der Waals surface area contributed by atoms with Gasteiger partial charge in [-0.15, -0.1) is 0 Å². The summed E-state index contributed by atoms with van der Waals surface area (Å²) >= 11 is 0.739. The van der Waals surface area contributed by atoms with Gasteiger partial charge in [-0.25, -0.2) is 0 Å². The van der Waals surface area contributed by atoms with Crippen molar-refractivity contribution in [2.75, 3.05) is 0 Å². The molecular weight excluding hydrogens is 534 g/mol. The number of azo groups is 2. The molecular formula is C24H18N4O2Se2. The van der Waals surface area contributed by atoms with Crippen LogP contribution in [0.4, 0.5) is 22.7 Å². The zero-order valence-corrected chi connectivity index (χ0v) is 20.2. The van der Waals surface area contributed by atoms with E-state index in [2.05, 4.69) is 44.7 Å². The summed E-state index contributed by atoms with van der Waals surface area (Å²) in [6.45, 7) is 0. The second-order valence-corrected chi connectivity index (χ2v) is 12.9. The maximum atomic E-state index is 9.31. The van der Waals surface area contributed by atoms with E-state index in [0.29, 0.717) is 37.6 Å². The van der Waals surface area contributed by atoms with Gasteiger partial charge in [0, 0.05) is 0 Å². The average molecular weight is 552 g/mol. The summed E-state index contributed by atoms with van der Waals surface area (Å²) in [5, 5.41) is 35.5. The number of hydrogen-bond donors (Lipinski definition) is 2. The van der Waals surface area contributed by atoms with Crippen LogP contribution in [0.2, 0.25) is 0 Å². The number of phenolic OH excluding ortho intramolecular Hbond substituents is 2. The molecule has 4 aromatic rings. The van der Waals surface area contributed by atoms with E-state index < -0.39 is 0 Å². The Kier molecular flexibility index (Phi) is 7.43. The standard InChI is InChI=1S/C24H18N4O2Se2/c29-21-9-1-17(2-10-21)25-27-19-5-13-23(14-6-19)31-32-24-15-7-20(8-16-24)28-26-18-3-11-22(30)12-4-18/h1-16,29-30H. The van der Waals surface area contributed by atoms with Gasteiger partial charge >= 0.3 is 197 Å². The molecule has 2 N–H and O–H groups in total. The van der Waals surface area contributed by atoms with Crippen molar-refractivity contribution in [3.8, 4) is 11.5 Å². The van der Waals surface area contributed by atoms with E-state index in [1.54, 1.807) is 48.5 Å². The summed E-state index contributed by atoms with van der Waals surface area (Å²) < 4.78 is 2.63. The first-order valence-electron chi connectivity index (χ1n) is 9.60. The van der Waals surface area contributed by atoms with Crippen molar-refractivity contribution in [1.29, 1.82) is 0 Å². The molecule has 0 atom stereocenters. The molecule has 0 saturated carbocycles. The Bertz CT molecular complexity index is 1110. The van der Waals surface area contributed by atoms with Crippen LogP contribution in [0.5, 0.6) is 11.5 Å². The summed E-state index contributed by atoms with van der Waals surface area (Å²) in [6, 6.07) is 29.6. The van der Waals surface area contributed by atoms with Crippen LogP contribution in [-0.2, 0) is 0 Å². The molecule has 0 aliphatic rings. The predicted octanol–water partition coefficient (Wildman–Crippen LogP) is 5.20. The number of rotatable bonds is 7. The third-order valence-electron chi connectivity index (χ3n) is 4.17. The van der Waals surface area contributed by atoms with Gasteiger partial charge in [-0.1, -0.05) is 0 Å². The Labute approximate surface area is 196 Å². The molecule has 0 aromatic heterocycles. The van der Waals surface area contributed by atoms with E-state index >= 15 is 0 Å². The molecule has 4 aromatic carbocycles. The van der Waals surface area contributed by atoms with Crippen molar-refractivity contribution >= 4 is 57.9 Å². The molecule has 0 radical (unpaired) electrons. The van der Waals surface area contributed by atoms with Gasteiger partial charge in [-0.2, -0.15) is 0 Å². The molecule has 0 bridgehead atoms. The molecule has 0 saturated heterocycles. The molecule has 158 valence electrons. The molecule has 0 heterocycles. The number of benzene rings is 4. The normalized spacial score (nSPS) is 11.4. The molecule has 0 spiro atoms. The van der Waals surface area contributed by atoms with Gasteiger partial charge in [0.05, 0.1) is 0 Å². The van der Waals surface area contributed by atoms with E-state index in [4.69, 9.17) is 0 Å². The molecule has 32 heavy (non-hydrogen) atoms. The molecule has 6 nitrogen and oxygen atoms in total. The Morgan fingerprint density at radius 3 is 0.906 bits per heavy atom. The second-order valence-electron chi connectivity index (χ2n) is 6.59. The fraction of sp³-hybridized carbons (Fsp3) is 0. The Morgan fingerprint density at radius 2 is 0.625 bits per heavy atom. The van der Waals surface area contributed by atoms with Crippen LogP contribution in [0, 0.1) is 0 Å². The summed E-state index contributed by atoms with van der Waals surface area (Å²) in [5.41, 5.74) is 3.00. The van der Waals surface area contributed by atoms with Gasteiger partial charge in [0.25, 0.3) is 0 Å².